The van der Waals surface area contributed by atoms with Gasteiger partial charge in [0.25, 0.3) is 0 Å². The average molecular weight is 629 g/mol. The molecule has 0 radical (unpaired) electrons. The Morgan fingerprint density at radius 2 is 1.58 bits per heavy atom. The highest BCUT2D eigenvalue weighted by atomic mass is 35.5. The Kier molecular flexibility index (Phi) is 11.5. The van der Waals surface area contributed by atoms with Crippen molar-refractivity contribution in [1.29, 1.82) is 0 Å². The minimum Gasteiger partial charge on any atom is -0.478 e. The van der Waals surface area contributed by atoms with E-state index in [0.717, 1.165) is 30.8 Å². The third kappa shape index (κ3) is 8.42. The molecular weight excluding hydrogens is 588 g/mol. The van der Waals surface area contributed by atoms with Gasteiger partial charge in [-0.3, -0.25) is 0 Å². The maximum absolute atomic E-state index is 14.1. The fraction of sp³-hybridized carbons (Fsp3) is 0.351. The molecule has 1 fully saturated rings. The summed E-state index contributed by atoms with van der Waals surface area (Å²) < 4.78 is 12.1. The average Bonchev–Trinajstić information content (AvgIpc) is 3.05. The monoisotopic (exact) mass is 628 g/mol. The Morgan fingerprint density at radius 1 is 0.911 bits per heavy atom. The van der Waals surface area contributed by atoms with Gasteiger partial charge in [-0.2, -0.15) is 0 Å². The number of piperidine rings is 1. The number of aliphatic carboxylic acids is 1. The number of halogens is 1. The van der Waals surface area contributed by atoms with Crippen LogP contribution in [-0.2, 0) is 19.1 Å². The molecule has 8 heteroatoms. The molecular formula is C37H41ClN2O5. The van der Waals surface area contributed by atoms with E-state index in [1.54, 1.807) is 31.2 Å². The largest absolute Gasteiger partial charge is 0.478 e. The molecule has 0 spiro atoms. The molecule has 5 rings (SSSR count). The topological polar surface area (TPSA) is 88.1 Å². The van der Waals surface area contributed by atoms with Crippen molar-refractivity contribution >= 4 is 23.5 Å². The van der Waals surface area contributed by atoms with Gasteiger partial charge in [-0.1, -0.05) is 90.8 Å². The van der Waals surface area contributed by atoms with Crippen molar-refractivity contribution < 1.29 is 24.2 Å². The maximum atomic E-state index is 14.1. The highest BCUT2D eigenvalue weighted by Gasteiger charge is 2.38. The number of esters is 1. The number of carbonyl (C=O) groups is 2. The first-order valence-electron chi connectivity index (χ1n) is 15.7. The number of carboxylic acid groups (broad SMARTS) is 1. The molecule has 1 unspecified atom stereocenters. The Bertz CT molecular complexity index is 1480. The van der Waals surface area contributed by atoms with Gasteiger partial charge in [-0.25, -0.2) is 9.59 Å². The van der Waals surface area contributed by atoms with Crippen molar-refractivity contribution in [3.05, 3.63) is 129 Å². The molecule has 2 N–H and O–H groups in total. The van der Waals surface area contributed by atoms with Crippen molar-refractivity contribution in [3.8, 4) is 0 Å². The summed E-state index contributed by atoms with van der Waals surface area (Å²) in [5.74, 6) is -2.55. The van der Waals surface area contributed by atoms with Gasteiger partial charge in [-0.05, 0) is 68.1 Å². The molecule has 0 bridgehead atoms. The van der Waals surface area contributed by atoms with Gasteiger partial charge >= 0.3 is 11.9 Å². The zero-order valence-electron chi connectivity index (χ0n) is 25.7. The van der Waals surface area contributed by atoms with Crippen molar-refractivity contribution in [2.75, 3.05) is 39.5 Å². The number of carbonyl (C=O) groups excluding carboxylic acids is 1. The third-order valence-electron chi connectivity index (χ3n) is 8.57. The Hall–Kier alpha value is -3.91. The van der Waals surface area contributed by atoms with Gasteiger partial charge < -0.3 is 24.8 Å². The van der Waals surface area contributed by atoms with Crippen LogP contribution in [0.4, 0.5) is 0 Å². The highest BCUT2D eigenvalue weighted by Crippen LogP contribution is 2.40. The van der Waals surface area contributed by atoms with Crippen LogP contribution in [0.25, 0.3) is 0 Å². The van der Waals surface area contributed by atoms with Crippen LogP contribution in [-0.4, -0.2) is 61.4 Å². The SMILES string of the molecule is CC1=C(C(=O)O)C(c2cccc(Cl)c2)C(C(=O)OCCC(c2ccccc2)c2ccccc2)=C(COCCN2CCCCC2)N1. The lowest BCUT2D eigenvalue weighted by Gasteiger charge is -2.31. The summed E-state index contributed by atoms with van der Waals surface area (Å²) in [7, 11) is 0. The number of nitrogens with one attached hydrogen (secondary N) is 1. The summed E-state index contributed by atoms with van der Waals surface area (Å²) >= 11 is 6.36. The van der Waals surface area contributed by atoms with E-state index < -0.39 is 17.9 Å². The van der Waals surface area contributed by atoms with E-state index in [1.165, 1.54) is 19.3 Å². The van der Waals surface area contributed by atoms with Gasteiger partial charge in [0.15, 0.2) is 0 Å². The van der Waals surface area contributed by atoms with Crippen LogP contribution in [0.1, 0.15) is 61.1 Å². The highest BCUT2D eigenvalue weighted by molar-refractivity contribution is 6.30. The fourth-order valence-electron chi connectivity index (χ4n) is 6.35. The molecule has 3 aromatic rings. The first-order valence-corrected chi connectivity index (χ1v) is 16.1. The molecule has 1 saturated heterocycles. The Labute approximate surface area is 270 Å². The molecule has 3 aromatic carbocycles. The number of hydrogen-bond donors (Lipinski definition) is 2. The van der Waals surface area contributed by atoms with Crippen LogP contribution >= 0.6 is 11.6 Å². The Morgan fingerprint density at radius 3 is 2.20 bits per heavy atom. The van der Waals surface area contributed by atoms with E-state index in [4.69, 9.17) is 21.1 Å². The standard InChI is InChI=1S/C37H41ClN2O5/c1-26-33(36(41)42)34(29-16-11-17-30(38)24-29)35(32(39-26)25-44-23-21-40-19-9-4-10-20-40)37(43)45-22-18-31(27-12-5-2-6-13-27)28-14-7-3-8-15-28/h2-3,5-8,11-17,24,31,34,39H,4,9-10,18-23,25H2,1H3,(H,41,42). The lowest BCUT2D eigenvalue weighted by molar-refractivity contribution is -0.139. The smallest absolute Gasteiger partial charge is 0.336 e. The van der Waals surface area contributed by atoms with Crippen molar-refractivity contribution in [2.45, 2.75) is 44.4 Å². The predicted molar refractivity (Wildman–Crippen MR) is 176 cm³/mol. The minimum atomic E-state index is -1.12. The molecule has 0 aromatic heterocycles. The molecule has 2 aliphatic heterocycles. The number of ether oxygens (including phenoxy) is 2. The van der Waals surface area contributed by atoms with Gasteiger partial charge in [0, 0.05) is 23.2 Å². The van der Waals surface area contributed by atoms with E-state index in [2.05, 4.69) is 34.5 Å². The molecule has 236 valence electrons. The first-order chi connectivity index (χ1) is 21.9. The number of nitrogens with zero attached hydrogens (tertiary/aromatic N) is 1. The van der Waals surface area contributed by atoms with Crippen LogP contribution in [0.3, 0.4) is 0 Å². The number of hydrogen-bond acceptors (Lipinski definition) is 6. The number of carboxylic acids is 1. The summed E-state index contributed by atoms with van der Waals surface area (Å²) in [5, 5.41) is 14.0. The zero-order valence-corrected chi connectivity index (χ0v) is 26.5. The van der Waals surface area contributed by atoms with Crippen molar-refractivity contribution in [1.82, 2.24) is 10.2 Å². The number of likely N-dealkylation sites (tertiary alicyclic amines) is 1. The summed E-state index contributed by atoms with van der Waals surface area (Å²) in [4.78, 5) is 29.1. The van der Waals surface area contributed by atoms with E-state index in [9.17, 15) is 14.7 Å². The number of benzene rings is 3. The van der Waals surface area contributed by atoms with Gasteiger partial charge in [0.2, 0.25) is 0 Å². The molecule has 7 nitrogen and oxygen atoms in total. The molecule has 2 heterocycles. The van der Waals surface area contributed by atoms with E-state index in [1.807, 2.05) is 36.4 Å². The van der Waals surface area contributed by atoms with Crippen LogP contribution in [0.15, 0.2) is 107 Å². The van der Waals surface area contributed by atoms with Crippen molar-refractivity contribution in [2.24, 2.45) is 0 Å². The molecule has 0 amide bonds. The summed E-state index contributed by atoms with van der Waals surface area (Å²) in [6.45, 7) is 5.41. The van der Waals surface area contributed by atoms with Crippen molar-refractivity contribution in [3.63, 3.8) is 0 Å². The van der Waals surface area contributed by atoms with Gasteiger partial charge in [0.1, 0.15) is 0 Å². The van der Waals surface area contributed by atoms with Gasteiger partial charge in [0.05, 0.1) is 42.6 Å². The summed E-state index contributed by atoms with van der Waals surface area (Å²) in [6.07, 6.45) is 4.22. The first kappa shape index (κ1) is 32.5. The van der Waals surface area contributed by atoms with Crippen LogP contribution in [0, 0.1) is 0 Å². The second kappa shape index (κ2) is 15.9. The molecule has 45 heavy (non-hydrogen) atoms. The van der Waals surface area contributed by atoms with E-state index in [0.29, 0.717) is 35.0 Å². The van der Waals surface area contributed by atoms with E-state index >= 15 is 0 Å². The molecule has 1 atom stereocenters. The van der Waals surface area contributed by atoms with E-state index in [-0.39, 0.29) is 30.3 Å². The van der Waals surface area contributed by atoms with Crippen LogP contribution in [0.2, 0.25) is 5.02 Å². The van der Waals surface area contributed by atoms with Crippen LogP contribution < -0.4 is 5.32 Å². The molecule has 0 saturated carbocycles. The summed E-state index contributed by atoms with van der Waals surface area (Å²) in [6, 6.07) is 27.3. The normalized spacial score (nSPS) is 17.4. The number of rotatable bonds is 13. The maximum Gasteiger partial charge on any atom is 0.336 e. The lowest BCUT2D eigenvalue weighted by Crippen LogP contribution is -2.35. The number of dihydropyridines is 1. The quantitative estimate of drug-likeness (QED) is 0.157. The van der Waals surface area contributed by atoms with Gasteiger partial charge in [-0.15, -0.1) is 0 Å². The molecule has 0 aliphatic carbocycles. The third-order valence-corrected chi connectivity index (χ3v) is 8.80. The Balaban J connectivity index is 1.40. The summed E-state index contributed by atoms with van der Waals surface area (Å²) in [5.41, 5.74) is 4.13. The van der Waals surface area contributed by atoms with Crippen LogP contribution in [0.5, 0.6) is 0 Å². The predicted octanol–water partition coefficient (Wildman–Crippen LogP) is 6.91. The number of allylic oxidation sites excluding steroid dienone is 1. The second-order valence-electron chi connectivity index (χ2n) is 11.6. The fourth-order valence-corrected chi connectivity index (χ4v) is 6.55. The second-order valence-corrected chi connectivity index (χ2v) is 12.0. The lowest BCUT2D eigenvalue weighted by atomic mass is 9.80. The minimum absolute atomic E-state index is 0.0247. The zero-order chi connectivity index (χ0) is 31.6. The molecule has 2 aliphatic rings.